The molecule has 0 unspecified atom stereocenters. The van der Waals surface area contributed by atoms with Crippen LogP contribution in [0.3, 0.4) is 0 Å². The van der Waals surface area contributed by atoms with E-state index in [1.54, 1.807) is 12.5 Å². The number of hydrogen-bond donors (Lipinski definition) is 0. The minimum absolute atomic E-state index is 0.538. The number of nitrogens with zero attached hydrogens (tertiary/aromatic N) is 1. The van der Waals surface area contributed by atoms with Gasteiger partial charge in [0.15, 0.2) is 0 Å². The van der Waals surface area contributed by atoms with Crippen molar-refractivity contribution < 1.29 is 9.53 Å². The summed E-state index contributed by atoms with van der Waals surface area (Å²) in [5.74, 6) is 0. The predicted octanol–water partition coefficient (Wildman–Crippen LogP) is 0.578. The summed E-state index contributed by atoms with van der Waals surface area (Å²) >= 11 is 0. The first-order valence-corrected chi connectivity index (χ1v) is 3.66. The Morgan fingerprint density at radius 3 is 2.91 bits per heavy atom. The second-order valence-electron chi connectivity index (χ2n) is 2.02. The smallest absolute Gasteiger partial charge is 0.312 e. The van der Waals surface area contributed by atoms with Crippen molar-refractivity contribution in [3.8, 4) is 0 Å². The number of hydrogen-bond acceptors (Lipinski definition) is 2. The molecule has 1 amide bonds. The van der Waals surface area contributed by atoms with Crippen molar-refractivity contribution in [3.05, 3.63) is 12.7 Å². The van der Waals surface area contributed by atoms with Crippen LogP contribution in [0.5, 0.6) is 0 Å². The van der Waals surface area contributed by atoms with Crippen LogP contribution in [0.2, 0.25) is 0 Å². The predicted molar refractivity (Wildman–Crippen MR) is 44.0 cm³/mol. The van der Waals surface area contributed by atoms with Gasteiger partial charge in [-0.2, -0.15) is 0 Å². The Balaban J connectivity index is 3.35. The zero-order chi connectivity index (χ0) is 8.53. The van der Waals surface area contributed by atoms with Crippen LogP contribution in [0.1, 0.15) is 6.92 Å². The summed E-state index contributed by atoms with van der Waals surface area (Å²) in [6.45, 7) is 7.81. The quantitative estimate of drug-likeness (QED) is 0.306. The average molecular weight is 156 g/mol. The molecule has 0 saturated heterocycles. The molecule has 3 nitrogen and oxygen atoms in total. The van der Waals surface area contributed by atoms with E-state index in [-0.39, 0.29) is 0 Å². The zero-order valence-electron chi connectivity index (χ0n) is 6.88. The van der Waals surface area contributed by atoms with E-state index in [2.05, 4.69) is 6.58 Å². The first-order valence-electron chi connectivity index (χ1n) is 3.66. The number of amides is 1. The lowest BCUT2D eigenvalue weighted by Crippen LogP contribution is -2.26. The Hall–Kier alpha value is -0.830. The Morgan fingerprint density at radius 2 is 2.45 bits per heavy atom. The summed E-state index contributed by atoms with van der Waals surface area (Å²) in [5.41, 5.74) is 0. The van der Waals surface area contributed by atoms with Gasteiger partial charge in [-0.25, -0.2) is 0 Å². The molecule has 0 N–H and O–H groups in total. The van der Waals surface area contributed by atoms with Gasteiger partial charge in [-0.1, -0.05) is 6.08 Å². The van der Waals surface area contributed by atoms with E-state index >= 15 is 0 Å². The molecule has 3 heteroatoms. The molecular formula is C8H14NO2. The molecule has 63 valence electrons. The van der Waals surface area contributed by atoms with Crippen molar-refractivity contribution >= 4 is 6.41 Å². The molecule has 0 rings (SSSR count). The Bertz CT molecular complexity index is 115. The van der Waals surface area contributed by atoms with Gasteiger partial charge in [-0.3, -0.25) is 4.79 Å². The summed E-state index contributed by atoms with van der Waals surface area (Å²) < 4.78 is 5.06. The van der Waals surface area contributed by atoms with E-state index in [4.69, 9.17) is 4.74 Å². The highest BCUT2D eigenvalue weighted by Crippen LogP contribution is 1.83. The molecule has 0 spiro atoms. The summed E-state index contributed by atoms with van der Waals surface area (Å²) in [6.07, 6.45) is 3.46. The van der Waals surface area contributed by atoms with Crippen molar-refractivity contribution in [2.45, 2.75) is 6.92 Å². The van der Waals surface area contributed by atoms with Gasteiger partial charge in [0.25, 0.3) is 0 Å². The third-order valence-corrected chi connectivity index (χ3v) is 1.19. The third kappa shape index (κ3) is 5.61. The molecule has 0 aliphatic rings. The first kappa shape index (κ1) is 10.2. The SMILES string of the molecule is C=CCN([C]=O)CCOCC. The molecule has 0 aromatic heterocycles. The number of rotatable bonds is 7. The fraction of sp³-hybridized carbons (Fsp3) is 0.625. The second-order valence-corrected chi connectivity index (χ2v) is 2.02. The van der Waals surface area contributed by atoms with Gasteiger partial charge in [0, 0.05) is 19.7 Å². The Labute approximate surface area is 67.6 Å². The van der Waals surface area contributed by atoms with Crippen molar-refractivity contribution in [1.82, 2.24) is 4.90 Å². The average Bonchev–Trinajstić information content (AvgIpc) is 2.03. The van der Waals surface area contributed by atoms with Gasteiger partial charge in [0.05, 0.1) is 6.61 Å². The van der Waals surface area contributed by atoms with Crippen LogP contribution >= 0.6 is 0 Å². The summed E-state index contributed by atoms with van der Waals surface area (Å²) in [4.78, 5) is 11.7. The molecule has 0 aliphatic carbocycles. The molecule has 0 atom stereocenters. The Morgan fingerprint density at radius 1 is 1.73 bits per heavy atom. The standard InChI is InChI=1S/C8H14NO2/c1-3-5-9(8-10)6-7-11-4-2/h3H,1,4-7H2,2H3. The highest BCUT2D eigenvalue weighted by atomic mass is 16.5. The van der Waals surface area contributed by atoms with Crippen LogP contribution in [-0.4, -0.2) is 37.6 Å². The fourth-order valence-electron chi connectivity index (χ4n) is 0.649. The molecule has 0 bridgehead atoms. The van der Waals surface area contributed by atoms with Crippen LogP contribution in [0, 0.1) is 0 Å². The third-order valence-electron chi connectivity index (χ3n) is 1.19. The highest BCUT2D eigenvalue weighted by molar-refractivity contribution is 5.48. The van der Waals surface area contributed by atoms with E-state index in [0.29, 0.717) is 26.3 Å². The van der Waals surface area contributed by atoms with Crippen LogP contribution in [0.15, 0.2) is 12.7 Å². The monoisotopic (exact) mass is 156 g/mol. The lowest BCUT2D eigenvalue weighted by atomic mass is 10.5. The maximum absolute atomic E-state index is 10.2. The van der Waals surface area contributed by atoms with Gasteiger partial charge in [0.2, 0.25) is 0 Å². The first-order chi connectivity index (χ1) is 5.35. The van der Waals surface area contributed by atoms with Crippen molar-refractivity contribution in [3.63, 3.8) is 0 Å². The van der Waals surface area contributed by atoms with Crippen molar-refractivity contribution in [2.24, 2.45) is 0 Å². The number of ether oxygens (including phenoxy) is 1. The van der Waals surface area contributed by atoms with E-state index < -0.39 is 0 Å². The minimum atomic E-state index is 0.538. The van der Waals surface area contributed by atoms with Gasteiger partial charge in [-0.05, 0) is 6.92 Å². The zero-order valence-corrected chi connectivity index (χ0v) is 6.88. The largest absolute Gasteiger partial charge is 0.380 e. The topological polar surface area (TPSA) is 29.5 Å². The van der Waals surface area contributed by atoms with Crippen molar-refractivity contribution in [2.75, 3.05) is 26.3 Å². The minimum Gasteiger partial charge on any atom is -0.380 e. The van der Waals surface area contributed by atoms with Gasteiger partial charge in [0.1, 0.15) is 0 Å². The van der Waals surface area contributed by atoms with Crippen LogP contribution in [0.25, 0.3) is 0 Å². The van der Waals surface area contributed by atoms with E-state index in [1.807, 2.05) is 6.92 Å². The van der Waals surface area contributed by atoms with Crippen molar-refractivity contribution in [1.29, 1.82) is 0 Å². The molecular weight excluding hydrogens is 142 g/mol. The fourth-order valence-corrected chi connectivity index (χ4v) is 0.649. The second kappa shape index (κ2) is 7.28. The molecule has 0 aromatic rings. The molecule has 1 radical (unpaired) electrons. The van der Waals surface area contributed by atoms with Gasteiger partial charge < -0.3 is 9.64 Å². The molecule has 0 saturated carbocycles. The van der Waals surface area contributed by atoms with E-state index in [0.717, 1.165) is 0 Å². The van der Waals surface area contributed by atoms with Crippen LogP contribution in [0.4, 0.5) is 0 Å². The highest BCUT2D eigenvalue weighted by Gasteiger charge is 1.97. The Kier molecular flexibility index (Phi) is 6.73. The van der Waals surface area contributed by atoms with Crippen LogP contribution in [-0.2, 0) is 9.53 Å². The molecule has 0 aliphatic heterocycles. The van der Waals surface area contributed by atoms with E-state index in [1.165, 1.54) is 4.90 Å². The molecule has 11 heavy (non-hydrogen) atoms. The van der Waals surface area contributed by atoms with Crippen LogP contribution < -0.4 is 0 Å². The maximum Gasteiger partial charge on any atom is 0.312 e. The molecule has 0 fully saturated rings. The van der Waals surface area contributed by atoms with Gasteiger partial charge in [-0.15, -0.1) is 6.58 Å². The summed E-state index contributed by atoms with van der Waals surface area (Å²) in [5, 5.41) is 0. The van der Waals surface area contributed by atoms with Gasteiger partial charge >= 0.3 is 6.41 Å². The molecule has 0 heterocycles. The molecule has 0 aromatic carbocycles. The lowest BCUT2D eigenvalue weighted by Gasteiger charge is -2.12. The maximum atomic E-state index is 10.2. The summed E-state index contributed by atoms with van der Waals surface area (Å²) in [6, 6.07) is 0. The summed E-state index contributed by atoms with van der Waals surface area (Å²) in [7, 11) is 0. The number of carbonyl (C=O) groups excluding carboxylic acids is 1. The lowest BCUT2D eigenvalue weighted by molar-refractivity contribution is 0.133. The van der Waals surface area contributed by atoms with E-state index in [9.17, 15) is 4.79 Å². The normalized spacial score (nSPS) is 9.18.